The summed E-state index contributed by atoms with van der Waals surface area (Å²) in [6.07, 6.45) is 5.02. The van der Waals surface area contributed by atoms with Gasteiger partial charge in [0, 0.05) is 12.0 Å². The SMILES string of the molecule is CC/C1=C(c2ccccc2)\C(c2ccccc2)=C(/OC=O)CCCC1. The van der Waals surface area contributed by atoms with Crippen molar-refractivity contribution in [1.29, 1.82) is 0 Å². The van der Waals surface area contributed by atoms with Crippen molar-refractivity contribution in [3.05, 3.63) is 83.1 Å². The Balaban J connectivity index is 2.30. The van der Waals surface area contributed by atoms with Crippen molar-refractivity contribution >= 4 is 17.6 Å². The first-order valence-electron chi connectivity index (χ1n) is 9.01. The molecule has 3 rings (SSSR count). The van der Waals surface area contributed by atoms with E-state index in [9.17, 15) is 4.79 Å². The Hall–Kier alpha value is -2.61. The number of hydrogen-bond acceptors (Lipinski definition) is 2. The van der Waals surface area contributed by atoms with E-state index in [1.807, 2.05) is 24.3 Å². The van der Waals surface area contributed by atoms with Crippen molar-refractivity contribution < 1.29 is 9.53 Å². The van der Waals surface area contributed by atoms with Crippen LogP contribution in [-0.4, -0.2) is 6.47 Å². The highest BCUT2D eigenvalue weighted by Gasteiger charge is 2.22. The Morgan fingerprint density at radius 1 is 0.840 bits per heavy atom. The van der Waals surface area contributed by atoms with Crippen molar-refractivity contribution in [2.24, 2.45) is 0 Å². The maximum atomic E-state index is 11.2. The molecule has 0 unspecified atom stereocenters. The third-order valence-electron chi connectivity index (χ3n) is 4.76. The highest BCUT2D eigenvalue weighted by molar-refractivity contribution is 6.07. The molecule has 0 amide bonds. The zero-order valence-electron chi connectivity index (χ0n) is 14.7. The Kier molecular flexibility index (Phi) is 5.84. The van der Waals surface area contributed by atoms with Crippen molar-refractivity contribution in [2.75, 3.05) is 0 Å². The van der Waals surface area contributed by atoms with Crippen molar-refractivity contribution in [3.63, 3.8) is 0 Å². The van der Waals surface area contributed by atoms with Crippen LogP contribution in [0.1, 0.15) is 50.2 Å². The predicted octanol–water partition coefficient (Wildman–Crippen LogP) is 6.01. The van der Waals surface area contributed by atoms with Gasteiger partial charge in [0.25, 0.3) is 6.47 Å². The van der Waals surface area contributed by atoms with Gasteiger partial charge in [-0.15, -0.1) is 0 Å². The average Bonchev–Trinajstić information content (AvgIpc) is 2.66. The minimum Gasteiger partial charge on any atom is -0.433 e. The number of carbonyl (C=O) groups is 1. The molecule has 0 saturated carbocycles. The highest BCUT2D eigenvalue weighted by atomic mass is 16.5. The van der Waals surface area contributed by atoms with Crippen LogP contribution < -0.4 is 0 Å². The lowest BCUT2D eigenvalue weighted by Crippen LogP contribution is -2.05. The van der Waals surface area contributed by atoms with Crippen molar-refractivity contribution in [2.45, 2.75) is 39.0 Å². The quantitative estimate of drug-likeness (QED) is 0.627. The molecule has 0 aromatic heterocycles. The van der Waals surface area contributed by atoms with Crippen LogP contribution in [-0.2, 0) is 9.53 Å². The van der Waals surface area contributed by atoms with Gasteiger partial charge in [-0.3, -0.25) is 4.79 Å². The van der Waals surface area contributed by atoms with Gasteiger partial charge >= 0.3 is 0 Å². The predicted molar refractivity (Wildman–Crippen MR) is 103 cm³/mol. The second kappa shape index (κ2) is 8.48. The van der Waals surface area contributed by atoms with Gasteiger partial charge in [0.2, 0.25) is 0 Å². The van der Waals surface area contributed by atoms with Crippen LogP contribution in [0.15, 0.2) is 72.0 Å². The smallest absolute Gasteiger partial charge is 0.298 e. The zero-order valence-corrected chi connectivity index (χ0v) is 14.7. The molecule has 0 radical (unpaired) electrons. The van der Waals surface area contributed by atoms with Gasteiger partial charge in [0.15, 0.2) is 0 Å². The monoisotopic (exact) mass is 332 g/mol. The lowest BCUT2D eigenvalue weighted by atomic mass is 9.83. The molecule has 2 aromatic rings. The van der Waals surface area contributed by atoms with E-state index >= 15 is 0 Å². The van der Waals surface area contributed by atoms with Gasteiger partial charge < -0.3 is 4.74 Å². The first kappa shape index (κ1) is 17.2. The van der Waals surface area contributed by atoms with Crippen molar-refractivity contribution in [1.82, 2.24) is 0 Å². The number of allylic oxidation sites excluding steroid dienone is 4. The summed E-state index contributed by atoms with van der Waals surface area (Å²) in [5.41, 5.74) is 6.01. The number of hydrogen-bond donors (Lipinski definition) is 0. The first-order chi connectivity index (χ1) is 12.3. The van der Waals surface area contributed by atoms with Gasteiger partial charge in [0.1, 0.15) is 5.76 Å². The topological polar surface area (TPSA) is 26.3 Å². The van der Waals surface area contributed by atoms with Gasteiger partial charge in [-0.05, 0) is 42.4 Å². The van der Waals surface area contributed by atoms with Crippen LogP contribution in [0.2, 0.25) is 0 Å². The Morgan fingerprint density at radius 2 is 1.40 bits per heavy atom. The summed E-state index contributed by atoms with van der Waals surface area (Å²) < 4.78 is 5.49. The summed E-state index contributed by atoms with van der Waals surface area (Å²) in [6, 6.07) is 20.7. The van der Waals surface area contributed by atoms with Gasteiger partial charge in [-0.2, -0.15) is 0 Å². The molecule has 0 spiro atoms. The number of rotatable bonds is 5. The summed E-state index contributed by atoms with van der Waals surface area (Å²) in [5, 5.41) is 0. The summed E-state index contributed by atoms with van der Waals surface area (Å²) in [4.78, 5) is 11.2. The molecular formula is C23H24O2. The Labute approximate surface area is 149 Å². The van der Waals surface area contributed by atoms with E-state index in [1.54, 1.807) is 0 Å². The molecular weight excluding hydrogens is 308 g/mol. The molecule has 1 aliphatic rings. The number of ether oxygens (including phenoxy) is 1. The van der Waals surface area contributed by atoms with Crippen LogP contribution in [0, 0.1) is 0 Å². The fourth-order valence-electron chi connectivity index (χ4n) is 3.58. The van der Waals surface area contributed by atoms with Crippen LogP contribution in [0.25, 0.3) is 11.1 Å². The third-order valence-corrected chi connectivity index (χ3v) is 4.76. The van der Waals surface area contributed by atoms with Gasteiger partial charge in [0.05, 0.1) is 0 Å². The normalized spacial score (nSPS) is 21.3. The lowest BCUT2D eigenvalue weighted by molar-refractivity contribution is -0.125. The molecule has 0 heterocycles. The second-order valence-corrected chi connectivity index (χ2v) is 6.28. The van der Waals surface area contributed by atoms with Gasteiger partial charge in [-0.1, -0.05) is 73.2 Å². The molecule has 1 aliphatic carbocycles. The summed E-state index contributed by atoms with van der Waals surface area (Å²) >= 11 is 0. The third kappa shape index (κ3) is 3.90. The minimum absolute atomic E-state index is 0.564. The molecule has 25 heavy (non-hydrogen) atoms. The fourth-order valence-corrected chi connectivity index (χ4v) is 3.58. The minimum atomic E-state index is 0.564. The zero-order chi connectivity index (χ0) is 17.5. The molecule has 128 valence electrons. The molecule has 0 atom stereocenters. The van der Waals surface area contributed by atoms with E-state index in [4.69, 9.17) is 4.74 Å². The standard InChI is InChI=1S/C23H24O2/c1-2-18-11-9-10-16-21(25-17-24)23(20-14-7-4-8-15-20)22(18)19-12-5-3-6-13-19/h3-8,12-15,17H,2,9-11,16H2,1H3/b22-18+,23-21-. The van der Waals surface area contributed by atoms with Crippen LogP contribution in [0.4, 0.5) is 0 Å². The van der Waals surface area contributed by atoms with Crippen molar-refractivity contribution in [3.8, 4) is 0 Å². The largest absolute Gasteiger partial charge is 0.433 e. The summed E-state index contributed by atoms with van der Waals surface area (Å²) in [6.45, 7) is 2.77. The number of carbonyl (C=O) groups excluding carboxylic acids is 1. The molecule has 0 saturated heterocycles. The van der Waals surface area contributed by atoms with Crippen LogP contribution >= 0.6 is 0 Å². The number of benzene rings is 2. The molecule has 2 aromatic carbocycles. The molecule has 2 heteroatoms. The molecule has 0 fully saturated rings. The average molecular weight is 332 g/mol. The van der Waals surface area contributed by atoms with Gasteiger partial charge in [-0.25, -0.2) is 0 Å². The van der Waals surface area contributed by atoms with E-state index in [0.717, 1.165) is 49.0 Å². The molecule has 0 aliphatic heterocycles. The van der Waals surface area contributed by atoms with E-state index < -0.39 is 0 Å². The molecule has 2 nitrogen and oxygen atoms in total. The van der Waals surface area contributed by atoms with E-state index in [1.165, 1.54) is 16.7 Å². The molecule has 0 N–H and O–H groups in total. The Morgan fingerprint density at radius 3 is 1.96 bits per heavy atom. The van der Waals surface area contributed by atoms with E-state index in [-0.39, 0.29) is 0 Å². The highest BCUT2D eigenvalue weighted by Crippen LogP contribution is 2.41. The maximum absolute atomic E-state index is 11.2. The van der Waals surface area contributed by atoms with Crippen LogP contribution in [0.5, 0.6) is 0 Å². The van der Waals surface area contributed by atoms with E-state index in [0.29, 0.717) is 6.47 Å². The summed E-state index contributed by atoms with van der Waals surface area (Å²) in [7, 11) is 0. The van der Waals surface area contributed by atoms with Crippen LogP contribution in [0.3, 0.4) is 0 Å². The first-order valence-corrected chi connectivity index (χ1v) is 9.01. The fraction of sp³-hybridized carbons (Fsp3) is 0.261. The maximum Gasteiger partial charge on any atom is 0.298 e. The second-order valence-electron chi connectivity index (χ2n) is 6.28. The Bertz CT molecular complexity index is 770. The lowest BCUT2D eigenvalue weighted by Gasteiger charge is -2.24. The molecule has 0 bridgehead atoms. The van der Waals surface area contributed by atoms with E-state index in [2.05, 4.69) is 43.3 Å². The summed E-state index contributed by atoms with van der Waals surface area (Å²) in [5.74, 6) is 0.783.